The van der Waals surface area contributed by atoms with Gasteiger partial charge in [0.2, 0.25) is 11.3 Å². The van der Waals surface area contributed by atoms with E-state index in [0.717, 1.165) is 50.4 Å². The Morgan fingerprint density at radius 2 is 1.97 bits per heavy atom. The van der Waals surface area contributed by atoms with Crippen LogP contribution in [-0.4, -0.2) is 73.2 Å². The van der Waals surface area contributed by atoms with Crippen molar-refractivity contribution in [1.82, 2.24) is 29.9 Å². The number of aromatic nitrogens is 5. The van der Waals surface area contributed by atoms with Gasteiger partial charge >= 0.3 is 5.97 Å². The molecule has 9 nitrogen and oxygen atoms in total. The Morgan fingerprint density at radius 1 is 1.19 bits per heavy atom. The fourth-order valence-corrected chi connectivity index (χ4v) is 6.84. The molecule has 3 aromatic rings. The molecule has 2 saturated heterocycles. The lowest BCUT2D eigenvalue weighted by Crippen LogP contribution is -2.58. The second-order valence-corrected chi connectivity index (χ2v) is 12.1. The number of piperidine rings is 1. The number of carbonyl (C=O) groups is 1. The molecule has 3 aliphatic rings. The smallest absolute Gasteiger partial charge is 0.309 e. The van der Waals surface area contributed by atoms with E-state index < -0.39 is 11.4 Å². The molecule has 6 rings (SSSR count). The highest BCUT2D eigenvalue weighted by molar-refractivity contribution is 6.35. The number of carboxylic acid groups (broad SMARTS) is 1. The molecule has 37 heavy (non-hydrogen) atoms. The Balaban J connectivity index is 1.11. The molecule has 0 spiro atoms. The average Bonchev–Trinajstić information content (AvgIpc) is 3.24. The fourth-order valence-electron chi connectivity index (χ4n) is 6.27. The minimum atomic E-state index is -0.660. The first-order valence-corrected chi connectivity index (χ1v) is 13.7. The summed E-state index contributed by atoms with van der Waals surface area (Å²) in [5.74, 6) is 1.43. The summed E-state index contributed by atoms with van der Waals surface area (Å²) in [6.45, 7) is 7.95. The molecule has 0 bridgehead atoms. The highest BCUT2D eigenvalue weighted by Crippen LogP contribution is 2.45. The van der Waals surface area contributed by atoms with Crippen LogP contribution in [0.4, 0.5) is 5.82 Å². The molecular formula is C26H31Cl2N7O2. The summed E-state index contributed by atoms with van der Waals surface area (Å²) in [5.41, 5.74) is 1.50. The summed E-state index contributed by atoms with van der Waals surface area (Å²) in [5, 5.41) is 19.2. The van der Waals surface area contributed by atoms with Crippen molar-refractivity contribution in [3.8, 4) is 0 Å². The van der Waals surface area contributed by atoms with Crippen LogP contribution in [0.25, 0.3) is 11.3 Å². The van der Waals surface area contributed by atoms with E-state index >= 15 is 0 Å². The number of anilines is 1. The molecule has 2 atom stereocenters. The number of hydrogen-bond acceptors (Lipinski definition) is 7. The largest absolute Gasteiger partial charge is 0.481 e. The van der Waals surface area contributed by atoms with Crippen LogP contribution >= 0.6 is 23.2 Å². The van der Waals surface area contributed by atoms with Gasteiger partial charge in [-0.1, -0.05) is 34.5 Å². The molecule has 0 amide bonds. The number of likely N-dealkylation sites (tertiary alicyclic amines) is 1. The van der Waals surface area contributed by atoms with Crippen molar-refractivity contribution in [2.45, 2.75) is 51.6 Å². The number of aliphatic carboxylic acids is 1. The first kappa shape index (κ1) is 24.8. The number of rotatable bonds is 6. The minimum absolute atomic E-state index is 0.175. The molecule has 1 aromatic carbocycles. The monoisotopic (exact) mass is 543 g/mol. The van der Waals surface area contributed by atoms with E-state index in [4.69, 9.17) is 28.2 Å². The SMILES string of the molecule is C[C@H](c1ccc(Cl)cc1Cl)n1nnc2ncc(N3CC([C@H]4CCCN(C5CC(C)(C(=O)O)C5)C4)C3)nc21. The maximum Gasteiger partial charge on any atom is 0.309 e. The first-order valence-electron chi connectivity index (χ1n) is 13.0. The van der Waals surface area contributed by atoms with E-state index in [9.17, 15) is 9.90 Å². The van der Waals surface area contributed by atoms with Crippen molar-refractivity contribution in [3.05, 3.63) is 40.0 Å². The average molecular weight is 544 g/mol. The third-order valence-corrected chi connectivity index (χ3v) is 9.31. The fraction of sp³-hybridized carbons (Fsp3) is 0.577. The van der Waals surface area contributed by atoms with Crippen LogP contribution in [0.1, 0.15) is 51.1 Å². The number of fused-ring (bicyclic) bond motifs is 1. The Bertz CT molecular complexity index is 1340. The normalized spacial score (nSPS) is 27.6. The molecule has 0 radical (unpaired) electrons. The van der Waals surface area contributed by atoms with Gasteiger partial charge in [0.15, 0.2) is 0 Å². The molecule has 3 fully saturated rings. The van der Waals surface area contributed by atoms with Crippen LogP contribution in [0.2, 0.25) is 10.0 Å². The Kier molecular flexibility index (Phi) is 6.28. The van der Waals surface area contributed by atoms with Crippen molar-refractivity contribution in [1.29, 1.82) is 0 Å². The van der Waals surface area contributed by atoms with E-state index in [2.05, 4.69) is 25.1 Å². The molecule has 196 valence electrons. The van der Waals surface area contributed by atoms with E-state index in [1.54, 1.807) is 16.9 Å². The van der Waals surface area contributed by atoms with Crippen LogP contribution in [0.3, 0.4) is 0 Å². The summed E-state index contributed by atoms with van der Waals surface area (Å²) in [6, 6.07) is 5.69. The van der Waals surface area contributed by atoms with E-state index in [1.807, 2.05) is 26.0 Å². The van der Waals surface area contributed by atoms with Crippen LogP contribution < -0.4 is 4.90 Å². The van der Waals surface area contributed by atoms with E-state index in [-0.39, 0.29) is 6.04 Å². The zero-order valence-corrected chi connectivity index (χ0v) is 22.5. The van der Waals surface area contributed by atoms with E-state index in [0.29, 0.717) is 39.2 Å². The Labute approximate surface area is 225 Å². The zero-order chi connectivity index (χ0) is 25.9. The van der Waals surface area contributed by atoms with Gasteiger partial charge in [-0.2, -0.15) is 0 Å². The predicted octanol–water partition coefficient (Wildman–Crippen LogP) is 4.54. The lowest BCUT2D eigenvalue weighted by molar-refractivity contribution is -0.158. The number of carboxylic acids is 1. The third-order valence-electron chi connectivity index (χ3n) is 8.75. The summed E-state index contributed by atoms with van der Waals surface area (Å²) in [6.07, 6.45) is 5.74. The molecule has 4 heterocycles. The lowest BCUT2D eigenvalue weighted by atomic mass is 9.65. The van der Waals surface area contributed by atoms with Crippen molar-refractivity contribution >= 4 is 46.3 Å². The van der Waals surface area contributed by atoms with Gasteiger partial charge in [-0.25, -0.2) is 14.6 Å². The lowest BCUT2D eigenvalue weighted by Gasteiger charge is -2.52. The number of benzene rings is 1. The van der Waals surface area contributed by atoms with Gasteiger partial charge in [0, 0.05) is 35.7 Å². The molecule has 2 aliphatic heterocycles. The van der Waals surface area contributed by atoms with Crippen LogP contribution in [-0.2, 0) is 4.79 Å². The molecule has 0 unspecified atom stereocenters. The first-order chi connectivity index (χ1) is 17.7. The second-order valence-electron chi connectivity index (χ2n) is 11.2. The van der Waals surface area contributed by atoms with Gasteiger partial charge in [0.25, 0.3) is 0 Å². The maximum absolute atomic E-state index is 11.5. The molecular weight excluding hydrogens is 513 g/mol. The van der Waals surface area contributed by atoms with Gasteiger partial charge in [-0.15, -0.1) is 5.10 Å². The van der Waals surface area contributed by atoms with Gasteiger partial charge in [0.05, 0.1) is 17.7 Å². The minimum Gasteiger partial charge on any atom is -0.481 e. The number of hydrogen-bond donors (Lipinski definition) is 1. The second kappa shape index (κ2) is 9.36. The summed E-state index contributed by atoms with van der Waals surface area (Å²) < 4.78 is 1.76. The maximum atomic E-state index is 11.5. The highest BCUT2D eigenvalue weighted by Gasteiger charge is 2.49. The number of nitrogens with zero attached hydrogens (tertiary/aromatic N) is 7. The van der Waals surface area contributed by atoms with Gasteiger partial charge in [-0.3, -0.25) is 4.79 Å². The molecule has 11 heteroatoms. The Morgan fingerprint density at radius 3 is 2.70 bits per heavy atom. The van der Waals surface area contributed by atoms with Crippen LogP contribution in [0, 0.1) is 17.3 Å². The van der Waals surface area contributed by atoms with Crippen molar-refractivity contribution < 1.29 is 9.90 Å². The summed E-state index contributed by atoms with van der Waals surface area (Å²) >= 11 is 12.5. The van der Waals surface area contributed by atoms with Gasteiger partial charge < -0.3 is 14.9 Å². The predicted molar refractivity (Wildman–Crippen MR) is 142 cm³/mol. The third kappa shape index (κ3) is 4.45. The number of halogens is 2. The van der Waals surface area contributed by atoms with Crippen molar-refractivity contribution in [2.75, 3.05) is 31.1 Å². The zero-order valence-electron chi connectivity index (χ0n) is 21.0. The highest BCUT2D eigenvalue weighted by atomic mass is 35.5. The van der Waals surface area contributed by atoms with Crippen molar-refractivity contribution in [3.63, 3.8) is 0 Å². The standard InChI is InChI=1S/C26H31Cl2N7O2/c1-15(20-6-5-18(27)8-21(20)28)35-24-23(31-32-35)29-11-22(30-24)34-13-17(14-34)16-4-3-7-33(12-16)19-9-26(2,10-19)25(36)37/h5-6,8,11,15-17,19H,3-4,7,9-10,12-14H2,1-2H3,(H,36,37)/t15-,16+,19?,26?/m1/s1. The van der Waals surface area contributed by atoms with Gasteiger partial charge in [0.1, 0.15) is 5.82 Å². The molecule has 1 N–H and O–H groups in total. The quantitative estimate of drug-likeness (QED) is 0.483. The van der Waals surface area contributed by atoms with Crippen LogP contribution in [0.5, 0.6) is 0 Å². The van der Waals surface area contributed by atoms with Crippen molar-refractivity contribution in [2.24, 2.45) is 17.3 Å². The Hall–Kier alpha value is -2.49. The summed E-state index contributed by atoms with van der Waals surface area (Å²) in [7, 11) is 0. The molecule has 1 aliphatic carbocycles. The van der Waals surface area contributed by atoms with Crippen LogP contribution in [0.15, 0.2) is 24.4 Å². The molecule has 1 saturated carbocycles. The van der Waals surface area contributed by atoms with Gasteiger partial charge in [-0.05, 0) is 75.6 Å². The molecule has 2 aromatic heterocycles. The van der Waals surface area contributed by atoms with E-state index in [1.165, 1.54) is 12.8 Å². The summed E-state index contributed by atoms with van der Waals surface area (Å²) in [4.78, 5) is 25.7. The topological polar surface area (TPSA) is 100 Å².